The lowest BCUT2D eigenvalue weighted by Gasteiger charge is -2.28. The number of hydrogen-bond acceptors (Lipinski definition) is 6. The van der Waals surface area contributed by atoms with Gasteiger partial charge in [0.1, 0.15) is 0 Å². The number of esters is 2. The number of methoxy groups -OCH3 is 1. The number of carbonyl (C=O) groups is 2. The maximum Gasteiger partial charge on any atom is 0.306 e. The monoisotopic (exact) mass is 669 g/mol. The Morgan fingerprint density at radius 2 is 0.894 bits per heavy atom. The van der Waals surface area contributed by atoms with Gasteiger partial charge in [0.05, 0.1) is 43.9 Å². The van der Waals surface area contributed by atoms with Crippen molar-refractivity contribution in [2.75, 3.05) is 26.9 Å². The molecule has 0 radical (unpaired) electrons. The second-order valence-corrected chi connectivity index (χ2v) is 15.3. The second-order valence-electron chi connectivity index (χ2n) is 15.3. The van der Waals surface area contributed by atoms with Crippen molar-refractivity contribution in [3.63, 3.8) is 0 Å². The van der Waals surface area contributed by atoms with Crippen LogP contribution in [-0.2, 0) is 28.5 Å². The van der Waals surface area contributed by atoms with Gasteiger partial charge >= 0.3 is 11.9 Å². The summed E-state index contributed by atoms with van der Waals surface area (Å²) in [5.41, 5.74) is -0.627. The largest absolute Gasteiger partial charge is 0.466 e. The van der Waals surface area contributed by atoms with Crippen molar-refractivity contribution < 1.29 is 28.5 Å². The van der Waals surface area contributed by atoms with Gasteiger partial charge in [0, 0.05) is 13.5 Å². The van der Waals surface area contributed by atoms with Crippen LogP contribution < -0.4 is 0 Å². The van der Waals surface area contributed by atoms with Gasteiger partial charge in [0.25, 0.3) is 0 Å². The van der Waals surface area contributed by atoms with Gasteiger partial charge < -0.3 is 18.9 Å². The predicted octanol–water partition coefficient (Wildman–Crippen LogP) is 12.1. The number of ether oxygens (including phenoxy) is 4. The van der Waals surface area contributed by atoms with Gasteiger partial charge in [-0.2, -0.15) is 0 Å². The Morgan fingerprint density at radius 1 is 0.511 bits per heavy atom. The first-order valence-electron chi connectivity index (χ1n) is 20.1. The molecule has 6 nitrogen and oxygen atoms in total. The molecule has 0 N–H and O–H groups in total. The highest BCUT2D eigenvalue weighted by molar-refractivity contribution is 5.77. The van der Waals surface area contributed by atoms with Crippen molar-refractivity contribution >= 4 is 11.9 Å². The van der Waals surface area contributed by atoms with E-state index in [0.717, 1.165) is 19.3 Å². The van der Waals surface area contributed by atoms with Crippen LogP contribution >= 0.6 is 0 Å². The maximum atomic E-state index is 12.5. The second kappa shape index (κ2) is 30.9. The van der Waals surface area contributed by atoms with Crippen LogP contribution in [0.2, 0.25) is 0 Å². The van der Waals surface area contributed by atoms with E-state index in [1.807, 2.05) is 27.7 Å². The topological polar surface area (TPSA) is 71.1 Å². The molecule has 0 rings (SSSR count). The summed E-state index contributed by atoms with van der Waals surface area (Å²) in [5, 5.41) is 0. The summed E-state index contributed by atoms with van der Waals surface area (Å²) in [7, 11) is 1.71. The minimum absolute atomic E-state index is 0.0592. The van der Waals surface area contributed by atoms with Crippen LogP contribution in [0.25, 0.3) is 0 Å². The zero-order valence-corrected chi connectivity index (χ0v) is 32.5. The first kappa shape index (κ1) is 45.9. The van der Waals surface area contributed by atoms with Crippen molar-refractivity contribution in [3.8, 4) is 0 Å². The van der Waals surface area contributed by atoms with Gasteiger partial charge in [-0.15, -0.1) is 0 Å². The van der Waals surface area contributed by atoms with Gasteiger partial charge in [-0.05, 0) is 52.9 Å². The summed E-state index contributed by atoms with van der Waals surface area (Å²) in [4.78, 5) is 24.8. The van der Waals surface area contributed by atoms with Crippen molar-refractivity contribution in [3.05, 3.63) is 0 Å². The Labute approximate surface area is 292 Å². The van der Waals surface area contributed by atoms with Crippen LogP contribution in [0.4, 0.5) is 0 Å². The van der Waals surface area contributed by atoms with E-state index in [1.54, 1.807) is 7.11 Å². The zero-order chi connectivity index (χ0) is 35.1. The molecule has 6 heteroatoms. The van der Waals surface area contributed by atoms with E-state index in [2.05, 4.69) is 13.8 Å². The fourth-order valence-electron chi connectivity index (χ4n) is 5.87. The molecule has 0 aliphatic rings. The summed E-state index contributed by atoms with van der Waals surface area (Å²) in [6.45, 7) is 13.9. The number of unbranched alkanes of at least 4 members (excludes halogenated alkanes) is 18. The molecule has 0 amide bonds. The molecule has 0 spiro atoms. The predicted molar refractivity (Wildman–Crippen MR) is 198 cm³/mol. The molecule has 0 fully saturated rings. The van der Waals surface area contributed by atoms with Gasteiger partial charge in [0.15, 0.2) is 0 Å². The highest BCUT2D eigenvalue weighted by Crippen LogP contribution is 2.22. The molecule has 280 valence electrons. The summed E-state index contributed by atoms with van der Waals surface area (Å²) in [6.07, 6.45) is 30.5. The molecule has 47 heavy (non-hydrogen) atoms. The Balaban J connectivity index is 4.34. The SMILES string of the molecule is CCCCCCCCCCCCC(CCCCCCCCCCCC)COC(=O)CCC(=O)OCCC(C)(C)OCCC(C)(C)OC. The van der Waals surface area contributed by atoms with E-state index in [9.17, 15) is 9.59 Å². The lowest BCUT2D eigenvalue weighted by atomic mass is 9.94. The molecular weight excluding hydrogens is 588 g/mol. The van der Waals surface area contributed by atoms with Crippen molar-refractivity contribution in [1.82, 2.24) is 0 Å². The summed E-state index contributed by atoms with van der Waals surface area (Å²) in [6, 6.07) is 0. The molecule has 0 bridgehead atoms. The molecule has 0 aromatic carbocycles. The summed E-state index contributed by atoms with van der Waals surface area (Å²) < 4.78 is 22.5. The normalized spacial score (nSPS) is 12.2. The van der Waals surface area contributed by atoms with Crippen molar-refractivity contribution in [1.29, 1.82) is 0 Å². The molecule has 0 atom stereocenters. The Morgan fingerprint density at radius 3 is 1.32 bits per heavy atom. The maximum absolute atomic E-state index is 12.5. The van der Waals surface area contributed by atoms with E-state index in [0.29, 0.717) is 25.6 Å². The quantitative estimate of drug-likeness (QED) is 0.0494. The van der Waals surface area contributed by atoms with Crippen LogP contribution in [0.3, 0.4) is 0 Å². The molecule has 0 heterocycles. The summed E-state index contributed by atoms with van der Waals surface area (Å²) >= 11 is 0. The van der Waals surface area contributed by atoms with Gasteiger partial charge in [-0.25, -0.2) is 0 Å². The number of rotatable bonds is 35. The van der Waals surface area contributed by atoms with Crippen molar-refractivity contribution in [2.45, 2.75) is 220 Å². The molecule has 0 aliphatic heterocycles. The van der Waals surface area contributed by atoms with Crippen LogP contribution in [0.5, 0.6) is 0 Å². The average molecular weight is 669 g/mol. The zero-order valence-electron chi connectivity index (χ0n) is 32.5. The highest BCUT2D eigenvalue weighted by atomic mass is 16.5. The number of hydrogen-bond donors (Lipinski definition) is 0. The molecular formula is C41H80O6. The third kappa shape index (κ3) is 31.9. The Hall–Kier alpha value is -1.14. The fourth-order valence-corrected chi connectivity index (χ4v) is 5.87. The molecule has 0 saturated carbocycles. The molecule has 0 aromatic rings. The highest BCUT2D eigenvalue weighted by Gasteiger charge is 2.22. The lowest BCUT2D eigenvalue weighted by molar-refractivity contribution is -0.152. The third-order valence-corrected chi connectivity index (χ3v) is 9.66. The van der Waals surface area contributed by atoms with Crippen LogP contribution in [-0.4, -0.2) is 50.1 Å². The Bertz CT molecular complexity index is 695. The van der Waals surface area contributed by atoms with Crippen LogP contribution in [0.1, 0.15) is 208 Å². The molecule has 0 saturated heterocycles. The Kier molecular flexibility index (Phi) is 30.1. The summed E-state index contributed by atoms with van der Waals surface area (Å²) in [5.74, 6) is -0.223. The van der Waals surface area contributed by atoms with E-state index >= 15 is 0 Å². The standard InChI is InChI=1S/C41H80O6/c1-8-10-12-14-16-18-20-22-24-26-28-37(29-27-25-23-21-19-17-15-13-11-9-2)36-46-39(43)31-30-38(42)45-34-32-41(5,6)47-35-33-40(3,4)44-7/h37H,8-36H2,1-7H3. The lowest BCUT2D eigenvalue weighted by Crippen LogP contribution is -2.31. The smallest absolute Gasteiger partial charge is 0.306 e. The third-order valence-electron chi connectivity index (χ3n) is 9.66. The fraction of sp³-hybridized carbons (Fsp3) is 0.951. The van der Waals surface area contributed by atoms with Crippen LogP contribution in [0.15, 0.2) is 0 Å². The first-order valence-corrected chi connectivity index (χ1v) is 20.1. The molecule has 0 unspecified atom stereocenters. The van der Waals surface area contributed by atoms with Crippen molar-refractivity contribution in [2.24, 2.45) is 5.92 Å². The minimum Gasteiger partial charge on any atom is -0.466 e. The van der Waals surface area contributed by atoms with Gasteiger partial charge in [0.2, 0.25) is 0 Å². The van der Waals surface area contributed by atoms with Crippen LogP contribution in [0, 0.1) is 5.92 Å². The van der Waals surface area contributed by atoms with E-state index in [-0.39, 0.29) is 37.0 Å². The molecule has 0 aliphatic carbocycles. The first-order chi connectivity index (χ1) is 22.5. The average Bonchev–Trinajstić information content (AvgIpc) is 3.03. The van der Waals surface area contributed by atoms with Gasteiger partial charge in [-0.1, -0.05) is 142 Å². The van der Waals surface area contributed by atoms with E-state index in [4.69, 9.17) is 18.9 Å². The van der Waals surface area contributed by atoms with E-state index < -0.39 is 5.60 Å². The van der Waals surface area contributed by atoms with Gasteiger partial charge in [-0.3, -0.25) is 9.59 Å². The minimum atomic E-state index is -0.402. The van der Waals surface area contributed by atoms with E-state index in [1.165, 1.54) is 128 Å². The molecule has 0 aromatic heterocycles. The number of carbonyl (C=O) groups excluding carboxylic acids is 2.